The molecule has 1 atom stereocenters. The van der Waals surface area contributed by atoms with Gasteiger partial charge in [-0.15, -0.1) is 0 Å². The molecule has 170 valence electrons. The SMILES string of the molecule is CCCc1ccc(CNC(=O)C2CN(C(N)=S)CCN2C(=O)OCc2ccccc2)cc1. The minimum Gasteiger partial charge on any atom is -0.445 e. The van der Waals surface area contributed by atoms with Crippen LogP contribution in [0.4, 0.5) is 4.79 Å². The van der Waals surface area contributed by atoms with Gasteiger partial charge in [0.25, 0.3) is 0 Å². The number of amides is 2. The van der Waals surface area contributed by atoms with Crippen molar-refractivity contribution in [3.05, 3.63) is 71.3 Å². The second-order valence-electron chi connectivity index (χ2n) is 7.82. The van der Waals surface area contributed by atoms with E-state index >= 15 is 0 Å². The highest BCUT2D eigenvalue weighted by molar-refractivity contribution is 7.80. The predicted molar refractivity (Wildman–Crippen MR) is 128 cm³/mol. The third-order valence-electron chi connectivity index (χ3n) is 5.46. The van der Waals surface area contributed by atoms with E-state index in [9.17, 15) is 9.59 Å². The quantitative estimate of drug-likeness (QED) is 0.626. The van der Waals surface area contributed by atoms with E-state index in [4.69, 9.17) is 22.7 Å². The highest BCUT2D eigenvalue weighted by Gasteiger charge is 2.36. The lowest BCUT2D eigenvalue weighted by Crippen LogP contribution is -2.62. The number of nitrogens with one attached hydrogen (secondary N) is 1. The average molecular weight is 455 g/mol. The molecule has 2 aromatic carbocycles. The molecule has 32 heavy (non-hydrogen) atoms. The van der Waals surface area contributed by atoms with Crippen LogP contribution in [0.3, 0.4) is 0 Å². The van der Waals surface area contributed by atoms with Crippen molar-refractivity contribution in [3.8, 4) is 0 Å². The van der Waals surface area contributed by atoms with Crippen LogP contribution in [0.5, 0.6) is 0 Å². The van der Waals surface area contributed by atoms with E-state index in [-0.39, 0.29) is 24.2 Å². The number of aryl methyl sites for hydroxylation is 1. The Kier molecular flexibility index (Phi) is 8.44. The topological polar surface area (TPSA) is 87.9 Å². The predicted octanol–water partition coefficient (Wildman–Crippen LogP) is 2.82. The van der Waals surface area contributed by atoms with Gasteiger partial charge in [0.1, 0.15) is 12.6 Å². The number of piperazine rings is 1. The summed E-state index contributed by atoms with van der Waals surface area (Å²) < 4.78 is 5.47. The third kappa shape index (κ3) is 6.43. The Morgan fingerprint density at radius 1 is 1.06 bits per heavy atom. The summed E-state index contributed by atoms with van der Waals surface area (Å²) >= 11 is 5.09. The van der Waals surface area contributed by atoms with E-state index in [0.29, 0.717) is 19.6 Å². The van der Waals surface area contributed by atoms with Gasteiger partial charge in [-0.1, -0.05) is 67.9 Å². The number of nitrogens with zero attached hydrogens (tertiary/aromatic N) is 2. The number of nitrogens with two attached hydrogens (primary N) is 1. The number of ether oxygens (including phenoxy) is 1. The molecule has 0 aliphatic carbocycles. The van der Waals surface area contributed by atoms with Crippen LogP contribution in [0.15, 0.2) is 54.6 Å². The number of carbonyl (C=O) groups is 2. The van der Waals surface area contributed by atoms with Gasteiger partial charge in [0.05, 0.1) is 0 Å². The van der Waals surface area contributed by atoms with E-state index in [1.807, 2.05) is 42.5 Å². The molecule has 1 fully saturated rings. The van der Waals surface area contributed by atoms with Crippen molar-refractivity contribution < 1.29 is 14.3 Å². The summed E-state index contributed by atoms with van der Waals surface area (Å²) in [4.78, 5) is 29.0. The number of benzene rings is 2. The zero-order chi connectivity index (χ0) is 22.9. The van der Waals surface area contributed by atoms with Crippen LogP contribution in [0, 0.1) is 0 Å². The van der Waals surface area contributed by atoms with Crippen LogP contribution >= 0.6 is 12.2 Å². The average Bonchev–Trinajstić information content (AvgIpc) is 2.82. The molecule has 0 bridgehead atoms. The molecule has 2 amide bonds. The van der Waals surface area contributed by atoms with Crippen LogP contribution in [0.1, 0.15) is 30.0 Å². The van der Waals surface area contributed by atoms with E-state index in [1.165, 1.54) is 10.5 Å². The second kappa shape index (κ2) is 11.5. The number of carbonyl (C=O) groups excluding carboxylic acids is 2. The summed E-state index contributed by atoms with van der Waals surface area (Å²) in [7, 11) is 0. The lowest BCUT2D eigenvalue weighted by molar-refractivity contribution is -0.127. The Labute approximate surface area is 194 Å². The number of thiocarbonyl (C=S) groups is 1. The molecule has 1 aliphatic rings. The van der Waals surface area contributed by atoms with Gasteiger partial charge in [-0.05, 0) is 35.3 Å². The van der Waals surface area contributed by atoms with Crippen molar-refractivity contribution in [2.75, 3.05) is 19.6 Å². The van der Waals surface area contributed by atoms with E-state index in [0.717, 1.165) is 24.0 Å². The molecule has 3 rings (SSSR count). The van der Waals surface area contributed by atoms with Gasteiger partial charge >= 0.3 is 6.09 Å². The first kappa shape index (κ1) is 23.5. The van der Waals surface area contributed by atoms with Crippen molar-refractivity contribution >= 4 is 29.3 Å². The summed E-state index contributed by atoms with van der Waals surface area (Å²) in [5.74, 6) is -0.264. The van der Waals surface area contributed by atoms with Crippen molar-refractivity contribution in [3.63, 3.8) is 0 Å². The van der Waals surface area contributed by atoms with Crippen LogP contribution < -0.4 is 11.1 Å². The van der Waals surface area contributed by atoms with Crippen molar-refractivity contribution in [2.45, 2.75) is 39.0 Å². The smallest absolute Gasteiger partial charge is 0.410 e. The van der Waals surface area contributed by atoms with E-state index in [2.05, 4.69) is 24.4 Å². The van der Waals surface area contributed by atoms with E-state index < -0.39 is 12.1 Å². The summed E-state index contributed by atoms with van der Waals surface area (Å²) in [6.45, 7) is 3.66. The Morgan fingerprint density at radius 2 is 1.75 bits per heavy atom. The number of hydrogen-bond acceptors (Lipinski definition) is 4. The summed E-state index contributed by atoms with van der Waals surface area (Å²) in [5.41, 5.74) is 8.94. The van der Waals surface area contributed by atoms with Crippen LogP contribution in [0.25, 0.3) is 0 Å². The molecule has 0 aromatic heterocycles. The standard InChI is InChI=1S/C24H30N4O3S/c1-2-6-18-9-11-19(12-10-18)15-26-22(29)21-16-27(23(25)32)13-14-28(21)24(30)31-17-20-7-4-3-5-8-20/h3-5,7-12,21H,2,6,13-17H2,1H3,(H2,25,32)(H,26,29). The third-order valence-corrected chi connectivity index (χ3v) is 5.72. The Hall–Kier alpha value is -3.13. The molecule has 8 heteroatoms. The second-order valence-corrected chi connectivity index (χ2v) is 8.24. The fraction of sp³-hybridized carbons (Fsp3) is 0.375. The first-order valence-electron chi connectivity index (χ1n) is 10.8. The first-order valence-corrected chi connectivity index (χ1v) is 11.3. The maximum atomic E-state index is 13.0. The van der Waals surface area contributed by atoms with Crippen LogP contribution in [-0.2, 0) is 29.1 Å². The molecule has 0 radical (unpaired) electrons. The molecular weight excluding hydrogens is 424 g/mol. The molecular formula is C24H30N4O3S. The lowest BCUT2D eigenvalue weighted by atomic mass is 10.1. The molecule has 2 aromatic rings. The molecule has 1 aliphatic heterocycles. The summed E-state index contributed by atoms with van der Waals surface area (Å²) in [6, 6.07) is 16.9. The van der Waals surface area contributed by atoms with Gasteiger partial charge in [-0.3, -0.25) is 9.69 Å². The molecule has 0 saturated carbocycles. The minimum atomic E-state index is -0.743. The highest BCUT2D eigenvalue weighted by Crippen LogP contribution is 2.14. The van der Waals surface area contributed by atoms with Crippen molar-refractivity contribution in [2.24, 2.45) is 5.73 Å². The van der Waals surface area contributed by atoms with Crippen LogP contribution in [-0.4, -0.2) is 52.6 Å². The van der Waals surface area contributed by atoms with Gasteiger partial charge in [0.2, 0.25) is 5.91 Å². The zero-order valence-corrected chi connectivity index (χ0v) is 19.1. The van der Waals surface area contributed by atoms with E-state index in [1.54, 1.807) is 4.90 Å². The Bertz CT molecular complexity index is 921. The number of rotatable bonds is 7. The zero-order valence-electron chi connectivity index (χ0n) is 18.3. The van der Waals surface area contributed by atoms with Crippen molar-refractivity contribution in [1.29, 1.82) is 0 Å². The molecule has 1 saturated heterocycles. The normalized spacial score (nSPS) is 15.8. The molecule has 1 heterocycles. The van der Waals surface area contributed by atoms with Gasteiger partial charge in [0.15, 0.2) is 5.11 Å². The van der Waals surface area contributed by atoms with Gasteiger partial charge < -0.3 is 20.7 Å². The summed E-state index contributed by atoms with van der Waals surface area (Å²) in [6.07, 6.45) is 1.59. The number of hydrogen-bond donors (Lipinski definition) is 2. The van der Waals surface area contributed by atoms with Gasteiger partial charge in [-0.25, -0.2) is 4.79 Å². The maximum Gasteiger partial charge on any atom is 0.410 e. The Morgan fingerprint density at radius 3 is 2.41 bits per heavy atom. The molecule has 7 nitrogen and oxygen atoms in total. The Balaban J connectivity index is 1.63. The van der Waals surface area contributed by atoms with Gasteiger partial charge in [-0.2, -0.15) is 0 Å². The fourth-order valence-corrected chi connectivity index (χ4v) is 3.81. The monoisotopic (exact) mass is 454 g/mol. The molecule has 0 spiro atoms. The van der Waals surface area contributed by atoms with Crippen LogP contribution in [0.2, 0.25) is 0 Å². The molecule has 1 unspecified atom stereocenters. The summed E-state index contributed by atoms with van der Waals surface area (Å²) in [5, 5.41) is 3.15. The largest absolute Gasteiger partial charge is 0.445 e. The highest BCUT2D eigenvalue weighted by atomic mass is 32.1. The fourth-order valence-electron chi connectivity index (χ4n) is 3.65. The lowest BCUT2D eigenvalue weighted by Gasteiger charge is -2.40. The molecule has 3 N–H and O–H groups in total. The first-order chi connectivity index (χ1) is 15.5. The van der Waals surface area contributed by atoms with Gasteiger partial charge in [0, 0.05) is 26.2 Å². The maximum absolute atomic E-state index is 13.0. The minimum absolute atomic E-state index is 0.146. The van der Waals surface area contributed by atoms with Crippen molar-refractivity contribution in [1.82, 2.24) is 15.1 Å².